The molecule has 0 amide bonds. The van der Waals surface area contributed by atoms with E-state index in [1.165, 1.54) is 5.56 Å². The molecular formula is C19H32IN3O3. The fourth-order valence-corrected chi connectivity index (χ4v) is 2.82. The zero-order valence-corrected chi connectivity index (χ0v) is 18.6. The quantitative estimate of drug-likeness (QED) is 0.248. The highest BCUT2D eigenvalue weighted by Crippen LogP contribution is 2.35. The SMILES string of the molecule is CCNC(=NCc1cc2c(cc1OCC)CC(C)O2)NCCCOC.I. The summed E-state index contributed by atoms with van der Waals surface area (Å²) in [5, 5.41) is 6.59. The van der Waals surface area contributed by atoms with Crippen LogP contribution in [0.25, 0.3) is 0 Å². The molecule has 0 aliphatic carbocycles. The van der Waals surface area contributed by atoms with Gasteiger partial charge in [0.05, 0.1) is 13.2 Å². The van der Waals surface area contributed by atoms with Gasteiger partial charge < -0.3 is 24.8 Å². The number of halogens is 1. The highest BCUT2D eigenvalue weighted by atomic mass is 127. The predicted molar refractivity (Wildman–Crippen MR) is 116 cm³/mol. The number of hydrogen-bond acceptors (Lipinski definition) is 4. The lowest BCUT2D eigenvalue weighted by atomic mass is 10.1. The molecule has 0 aromatic heterocycles. The molecule has 1 atom stereocenters. The normalized spacial score (nSPS) is 15.7. The topological polar surface area (TPSA) is 64.1 Å². The van der Waals surface area contributed by atoms with Gasteiger partial charge in [0.15, 0.2) is 5.96 Å². The molecule has 1 aromatic carbocycles. The summed E-state index contributed by atoms with van der Waals surface area (Å²) in [5.74, 6) is 2.66. The second-order valence-corrected chi connectivity index (χ2v) is 6.10. The number of benzene rings is 1. The number of guanidine groups is 1. The fraction of sp³-hybridized carbons (Fsp3) is 0.632. The molecule has 0 bridgehead atoms. The van der Waals surface area contributed by atoms with Crippen molar-refractivity contribution < 1.29 is 14.2 Å². The minimum Gasteiger partial charge on any atom is -0.494 e. The Morgan fingerprint density at radius 1 is 1.31 bits per heavy atom. The molecular weight excluding hydrogens is 445 g/mol. The Balaban J connectivity index is 0.00000338. The van der Waals surface area contributed by atoms with Crippen LogP contribution in [0.2, 0.25) is 0 Å². The molecule has 1 heterocycles. The number of methoxy groups -OCH3 is 1. The van der Waals surface area contributed by atoms with Gasteiger partial charge in [-0.2, -0.15) is 0 Å². The van der Waals surface area contributed by atoms with Crippen LogP contribution >= 0.6 is 24.0 Å². The van der Waals surface area contributed by atoms with E-state index in [1.54, 1.807) is 7.11 Å². The third-order valence-electron chi connectivity index (χ3n) is 3.95. The smallest absolute Gasteiger partial charge is 0.191 e. The molecule has 2 N–H and O–H groups in total. The zero-order valence-electron chi connectivity index (χ0n) is 16.3. The lowest BCUT2D eigenvalue weighted by molar-refractivity contribution is 0.195. The summed E-state index contributed by atoms with van der Waals surface area (Å²) in [6.07, 6.45) is 2.10. The number of rotatable bonds is 9. The van der Waals surface area contributed by atoms with Crippen LogP contribution in [0.3, 0.4) is 0 Å². The van der Waals surface area contributed by atoms with E-state index in [4.69, 9.17) is 14.2 Å². The second kappa shape index (κ2) is 12.2. The van der Waals surface area contributed by atoms with E-state index in [0.29, 0.717) is 13.2 Å². The van der Waals surface area contributed by atoms with Crippen LogP contribution in [0.1, 0.15) is 38.3 Å². The van der Waals surface area contributed by atoms with Gasteiger partial charge in [0.25, 0.3) is 0 Å². The van der Waals surface area contributed by atoms with Gasteiger partial charge in [-0.1, -0.05) is 0 Å². The maximum atomic E-state index is 5.88. The number of aliphatic imine (C=N–C) groups is 1. The average molecular weight is 477 g/mol. The van der Waals surface area contributed by atoms with Crippen molar-refractivity contribution in [3.05, 3.63) is 23.3 Å². The summed E-state index contributed by atoms with van der Waals surface area (Å²) in [6, 6.07) is 4.17. The van der Waals surface area contributed by atoms with Crippen LogP contribution in [0.5, 0.6) is 11.5 Å². The molecule has 1 unspecified atom stereocenters. The first kappa shape index (κ1) is 22.8. The number of nitrogens with zero attached hydrogens (tertiary/aromatic N) is 1. The van der Waals surface area contributed by atoms with Gasteiger partial charge in [0.1, 0.15) is 17.6 Å². The van der Waals surface area contributed by atoms with Crippen LogP contribution in [-0.2, 0) is 17.7 Å². The molecule has 7 heteroatoms. The van der Waals surface area contributed by atoms with Crippen LogP contribution in [-0.4, -0.2) is 45.5 Å². The Bertz CT molecular complexity index is 581. The summed E-state index contributed by atoms with van der Waals surface area (Å²) in [4.78, 5) is 4.69. The average Bonchev–Trinajstić information content (AvgIpc) is 2.95. The molecule has 0 radical (unpaired) electrons. The van der Waals surface area contributed by atoms with E-state index in [2.05, 4.69) is 41.6 Å². The van der Waals surface area contributed by atoms with E-state index in [-0.39, 0.29) is 30.1 Å². The number of hydrogen-bond donors (Lipinski definition) is 2. The van der Waals surface area contributed by atoms with Gasteiger partial charge in [0.2, 0.25) is 0 Å². The molecule has 0 saturated heterocycles. The molecule has 148 valence electrons. The number of nitrogens with one attached hydrogen (secondary N) is 2. The predicted octanol–water partition coefficient (Wildman–Crippen LogP) is 3.12. The van der Waals surface area contributed by atoms with Gasteiger partial charge in [-0.05, 0) is 39.3 Å². The van der Waals surface area contributed by atoms with Gasteiger partial charge in [-0.15, -0.1) is 24.0 Å². The molecule has 1 aliphatic rings. The maximum absolute atomic E-state index is 5.88. The highest BCUT2D eigenvalue weighted by molar-refractivity contribution is 14.0. The second-order valence-electron chi connectivity index (χ2n) is 6.10. The van der Waals surface area contributed by atoms with Crippen molar-refractivity contribution in [2.45, 2.75) is 46.3 Å². The van der Waals surface area contributed by atoms with Crippen molar-refractivity contribution >= 4 is 29.9 Å². The van der Waals surface area contributed by atoms with Crippen LogP contribution < -0.4 is 20.1 Å². The molecule has 0 spiro atoms. The highest BCUT2D eigenvalue weighted by Gasteiger charge is 2.21. The van der Waals surface area contributed by atoms with Crippen LogP contribution in [0, 0.1) is 0 Å². The maximum Gasteiger partial charge on any atom is 0.191 e. The lowest BCUT2D eigenvalue weighted by Gasteiger charge is -2.13. The molecule has 6 nitrogen and oxygen atoms in total. The molecule has 2 rings (SSSR count). The summed E-state index contributed by atoms with van der Waals surface area (Å²) < 4.78 is 16.8. The first-order chi connectivity index (χ1) is 12.2. The van der Waals surface area contributed by atoms with Gasteiger partial charge >= 0.3 is 0 Å². The summed E-state index contributed by atoms with van der Waals surface area (Å²) in [7, 11) is 1.71. The Morgan fingerprint density at radius 2 is 2.12 bits per heavy atom. The summed E-state index contributed by atoms with van der Waals surface area (Å²) in [5.41, 5.74) is 2.26. The van der Waals surface area contributed by atoms with Gasteiger partial charge in [-0.25, -0.2) is 4.99 Å². The van der Waals surface area contributed by atoms with E-state index >= 15 is 0 Å². The monoisotopic (exact) mass is 477 g/mol. The molecule has 26 heavy (non-hydrogen) atoms. The van der Waals surface area contributed by atoms with Crippen LogP contribution in [0.15, 0.2) is 17.1 Å². The Hall–Kier alpha value is -1.22. The largest absolute Gasteiger partial charge is 0.494 e. The zero-order chi connectivity index (χ0) is 18.1. The summed E-state index contributed by atoms with van der Waals surface area (Å²) in [6.45, 7) is 9.71. The van der Waals surface area contributed by atoms with E-state index in [9.17, 15) is 0 Å². The first-order valence-electron chi connectivity index (χ1n) is 9.14. The number of ether oxygens (including phenoxy) is 3. The van der Waals surface area contributed by atoms with Crippen molar-refractivity contribution in [2.75, 3.05) is 33.4 Å². The number of fused-ring (bicyclic) bond motifs is 1. The van der Waals surface area contributed by atoms with Crippen molar-refractivity contribution in [2.24, 2.45) is 4.99 Å². The Kier molecular flexibility index (Phi) is 10.7. The molecule has 1 aliphatic heterocycles. The van der Waals surface area contributed by atoms with Crippen molar-refractivity contribution in [1.29, 1.82) is 0 Å². The van der Waals surface area contributed by atoms with Crippen molar-refractivity contribution in [3.63, 3.8) is 0 Å². The summed E-state index contributed by atoms with van der Waals surface area (Å²) >= 11 is 0. The van der Waals surface area contributed by atoms with Crippen molar-refractivity contribution in [3.8, 4) is 11.5 Å². The minimum absolute atomic E-state index is 0. The van der Waals surface area contributed by atoms with Crippen LogP contribution in [0.4, 0.5) is 0 Å². The Labute approximate surface area is 174 Å². The van der Waals surface area contributed by atoms with Crippen molar-refractivity contribution in [1.82, 2.24) is 10.6 Å². The first-order valence-corrected chi connectivity index (χ1v) is 9.14. The molecule has 0 saturated carbocycles. The third kappa shape index (κ3) is 6.83. The fourth-order valence-electron chi connectivity index (χ4n) is 2.82. The third-order valence-corrected chi connectivity index (χ3v) is 3.95. The lowest BCUT2D eigenvalue weighted by Crippen LogP contribution is -2.38. The van der Waals surface area contributed by atoms with E-state index < -0.39 is 0 Å². The standard InChI is InChI=1S/C19H31N3O3.HI/c1-5-20-19(21-8-7-9-23-4)22-13-16-12-18-15(10-14(3)25-18)11-17(16)24-6-2;/h11-12,14H,5-10,13H2,1-4H3,(H2,20,21,22);1H. The minimum atomic E-state index is 0. The van der Waals surface area contributed by atoms with E-state index in [1.807, 2.05) is 6.92 Å². The Morgan fingerprint density at radius 3 is 2.81 bits per heavy atom. The van der Waals surface area contributed by atoms with Gasteiger partial charge in [0, 0.05) is 44.4 Å². The molecule has 0 fully saturated rings. The van der Waals surface area contributed by atoms with E-state index in [0.717, 1.165) is 55.6 Å². The molecule has 1 aromatic rings. The van der Waals surface area contributed by atoms with Gasteiger partial charge in [-0.3, -0.25) is 0 Å².